The van der Waals surface area contributed by atoms with E-state index >= 15 is 0 Å². The van der Waals surface area contributed by atoms with Crippen LogP contribution in [0.5, 0.6) is 0 Å². The number of amides is 1. The molecule has 1 saturated heterocycles. The largest absolute Gasteiger partial charge is 0.340 e. The average molecular weight is 232 g/mol. The van der Waals surface area contributed by atoms with Gasteiger partial charge in [-0.3, -0.25) is 4.79 Å². The van der Waals surface area contributed by atoms with Crippen molar-refractivity contribution in [2.24, 2.45) is 0 Å². The van der Waals surface area contributed by atoms with Gasteiger partial charge < -0.3 is 9.80 Å². The fourth-order valence-corrected chi connectivity index (χ4v) is 2.11. The van der Waals surface area contributed by atoms with Crippen LogP contribution in [0, 0.1) is 0 Å². The molecule has 92 valence electrons. The van der Waals surface area contributed by atoms with Gasteiger partial charge in [0.25, 0.3) is 0 Å². The second-order valence-electron chi connectivity index (χ2n) is 4.67. The van der Waals surface area contributed by atoms with Gasteiger partial charge in [-0.25, -0.2) is 0 Å². The van der Waals surface area contributed by atoms with Crippen molar-refractivity contribution in [1.82, 2.24) is 9.80 Å². The third kappa shape index (κ3) is 3.56. The van der Waals surface area contributed by atoms with Gasteiger partial charge in [0.1, 0.15) is 0 Å². The van der Waals surface area contributed by atoms with Gasteiger partial charge in [-0.2, -0.15) is 0 Å². The van der Waals surface area contributed by atoms with Gasteiger partial charge >= 0.3 is 0 Å². The lowest BCUT2D eigenvalue weighted by molar-refractivity contribution is -0.132. The number of rotatable bonds is 3. The Labute approximate surface area is 103 Å². The highest BCUT2D eigenvalue weighted by atomic mass is 16.2. The molecule has 1 aromatic rings. The van der Waals surface area contributed by atoms with Gasteiger partial charge in [-0.1, -0.05) is 30.3 Å². The van der Waals surface area contributed by atoms with Crippen molar-refractivity contribution in [1.29, 1.82) is 0 Å². The van der Waals surface area contributed by atoms with Gasteiger partial charge in [0, 0.05) is 32.6 Å². The molecule has 1 aliphatic rings. The Bertz CT molecular complexity index is 356. The Balaban J connectivity index is 1.78. The summed E-state index contributed by atoms with van der Waals surface area (Å²) in [5.74, 6) is 0.293. The zero-order valence-electron chi connectivity index (χ0n) is 10.4. The average Bonchev–Trinajstić information content (AvgIpc) is 2.38. The smallest absolute Gasteiger partial charge is 0.222 e. The lowest BCUT2D eigenvalue weighted by Gasteiger charge is -2.32. The second kappa shape index (κ2) is 5.82. The predicted molar refractivity (Wildman–Crippen MR) is 68.8 cm³/mol. The number of piperazine rings is 1. The molecule has 1 amide bonds. The third-order valence-corrected chi connectivity index (χ3v) is 3.33. The molecule has 17 heavy (non-hydrogen) atoms. The van der Waals surface area contributed by atoms with Gasteiger partial charge in [-0.05, 0) is 19.0 Å². The van der Waals surface area contributed by atoms with Crippen molar-refractivity contribution in [2.75, 3.05) is 33.2 Å². The molecule has 0 aliphatic carbocycles. The third-order valence-electron chi connectivity index (χ3n) is 3.33. The first-order valence-corrected chi connectivity index (χ1v) is 6.26. The van der Waals surface area contributed by atoms with Crippen molar-refractivity contribution in [3.8, 4) is 0 Å². The summed E-state index contributed by atoms with van der Waals surface area (Å²) in [6, 6.07) is 10.2. The first-order valence-electron chi connectivity index (χ1n) is 6.26. The maximum atomic E-state index is 12.0. The topological polar surface area (TPSA) is 23.6 Å². The Morgan fingerprint density at radius 1 is 1.12 bits per heavy atom. The van der Waals surface area contributed by atoms with E-state index in [1.165, 1.54) is 5.56 Å². The molecule has 0 atom stereocenters. The fraction of sp³-hybridized carbons (Fsp3) is 0.500. The van der Waals surface area contributed by atoms with E-state index in [2.05, 4.69) is 24.1 Å². The number of likely N-dealkylation sites (N-methyl/N-ethyl adjacent to an activating group) is 1. The molecule has 2 rings (SSSR count). The number of benzene rings is 1. The van der Waals surface area contributed by atoms with E-state index < -0.39 is 0 Å². The molecule has 0 saturated carbocycles. The van der Waals surface area contributed by atoms with Gasteiger partial charge in [-0.15, -0.1) is 0 Å². The van der Waals surface area contributed by atoms with Crippen molar-refractivity contribution < 1.29 is 4.79 Å². The summed E-state index contributed by atoms with van der Waals surface area (Å²) in [6.45, 7) is 3.75. The van der Waals surface area contributed by atoms with Crippen LogP contribution in [0.4, 0.5) is 0 Å². The van der Waals surface area contributed by atoms with E-state index in [-0.39, 0.29) is 0 Å². The maximum Gasteiger partial charge on any atom is 0.222 e. The van der Waals surface area contributed by atoms with Crippen LogP contribution < -0.4 is 0 Å². The number of hydrogen-bond acceptors (Lipinski definition) is 2. The van der Waals surface area contributed by atoms with E-state index in [1.54, 1.807) is 0 Å². The summed E-state index contributed by atoms with van der Waals surface area (Å²) >= 11 is 0. The molecular formula is C14H20N2O. The van der Waals surface area contributed by atoms with Crippen LogP contribution in [0.3, 0.4) is 0 Å². The monoisotopic (exact) mass is 232 g/mol. The summed E-state index contributed by atoms with van der Waals surface area (Å²) in [6.07, 6.45) is 1.49. The van der Waals surface area contributed by atoms with E-state index in [0.717, 1.165) is 32.6 Å². The lowest BCUT2D eigenvalue weighted by atomic mass is 10.1. The van der Waals surface area contributed by atoms with E-state index in [1.807, 2.05) is 23.1 Å². The van der Waals surface area contributed by atoms with Crippen LogP contribution in [-0.2, 0) is 11.2 Å². The highest BCUT2D eigenvalue weighted by Gasteiger charge is 2.18. The Morgan fingerprint density at radius 2 is 1.76 bits per heavy atom. The molecule has 1 aromatic carbocycles. The Morgan fingerprint density at radius 3 is 2.41 bits per heavy atom. The minimum Gasteiger partial charge on any atom is -0.340 e. The van der Waals surface area contributed by atoms with E-state index in [4.69, 9.17) is 0 Å². The molecule has 3 nitrogen and oxygen atoms in total. The van der Waals surface area contributed by atoms with Gasteiger partial charge in [0.2, 0.25) is 5.91 Å². The van der Waals surface area contributed by atoms with Crippen molar-refractivity contribution >= 4 is 5.91 Å². The molecular weight excluding hydrogens is 212 g/mol. The summed E-state index contributed by atoms with van der Waals surface area (Å²) in [4.78, 5) is 16.2. The minimum absolute atomic E-state index is 0.293. The molecule has 0 N–H and O–H groups in total. The molecule has 0 unspecified atom stereocenters. The maximum absolute atomic E-state index is 12.0. The van der Waals surface area contributed by atoms with Gasteiger partial charge in [0.05, 0.1) is 0 Å². The Hall–Kier alpha value is -1.35. The highest BCUT2D eigenvalue weighted by Crippen LogP contribution is 2.06. The van der Waals surface area contributed by atoms with E-state index in [0.29, 0.717) is 12.3 Å². The van der Waals surface area contributed by atoms with Crippen LogP contribution >= 0.6 is 0 Å². The standard InChI is InChI=1S/C14H20N2O/c1-15-9-11-16(12-10-15)14(17)8-7-13-5-3-2-4-6-13/h2-6H,7-12H2,1H3. The molecule has 3 heteroatoms. The van der Waals surface area contributed by atoms with Crippen LogP contribution in [0.25, 0.3) is 0 Å². The van der Waals surface area contributed by atoms with Crippen LogP contribution in [0.1, 0.15) is 12.0 Å². The lowest BCUT2D eigenvalue weighted by Crippen LogP contribution is -2.47. The summed E-state index contributed by atoms with van der Waals surface area (Å²) in [7, 11) is 2.10. The summed E-state index contributed by atoms with van der Waals surface area (Å²) < 4.78 is 0. The van der Waals surface area contributed by atoms with E-state index in [9.17, 15) is 4.79 Å². The second-order valence-corrected chi connectivity index (χ2v) is 4.67. The van der Waals surface area contributed by atoms with Crippen LogP contribution in [0.15, 0.2) is 30.3 Å². The summed E-state index contributed by atoms with van der Waals surface area (Å²) in [5, 5.41) is 0. The normalized spacial score (nSPS) is 17.1. The highest BCUT2D eigenvalue weighted by molar-refractivity contribution is 5.76. The molecule has 0 radical (unpaired) electrons. The van der Waals surface area contributed by atoms with Crippen LogP contribution in [-0.4, -0.2) is 48.9 Å². The molecule has 1 heterocycles. The molecule has 1 fully saturated rings. The van der Waals surface area contributed by atoms with Gasteiger partial charge in [0.15, 0.2) is 0 Å². The molecule has 0 spiro atoms. The quantitative estimate of drug-likeness (QED) is 0.786. The Kier molecular flexibility index (Phi) is 4.15. The minimum atomic E-state index is 0.293. The number of carbonyl (C=O) groups excluding carboxylic acids is 1. The zero-order valence-corrected chi connectivity index (χ0v) is 10.4. The molecule has 0 aromatic heterocycles. The predicted octanol–water partition coefficient (Wildman–Crippen LogP) is 1.39. The number of aryl methyl sites for hydroxylation is 1. The summed E-state index contributed by atoms with van der Waals surface area (Å²) in [5.41, 5.74) is 1.25. The number of hydrogen-bond donors (Lipinski definition) is 0. The molecule has 1 aliphatic heterocycles. The fourth-order valence-electron chi connectivity index (χ4n) is 2.11. The zero-order chi connectivity index (χ0) is 12.1. The van der Waals surface area contributed by atoms with Crippen molar-refractivity contribution in [3.05, 3.63) is 35.9 Å². The molecule has 0 bridgehead atoms. The van der Waals surface area contributed by atoms with Crippen molar-refractivity contribution in [3.63, 3.8) is 0 Å². The van der Waals surface area contributed by atoms with Crippen molar-refractivity contribution in [2.45, 2.75) is 12.8 Å². The van der Waals surface area contributed by atoms with Crippen LogP contribution in [0.2, 0.25) is 0 Å². The first-order chi connectivity index (χ1) is 8.25. The SMILES string of the molecule is CN1CCN(C(=O)CCc2ccccc2)CC1. The first kappa shape index (κ1) is 12.1. The number of carbonyl (C=O) groups is 1. The number of nitrogens with zero attached hydrogens (tertiary/aromatic N) is 2.